The molecule has 0 aliphatic heterocycles. The van der Waals surface area contributed by atoms with E-state index in [4.69, 9.17) is 6.57 Å². The zero-order valence-electron chi connectivity index (χ0n) is 26.6. The molecule has 0 radical (unpaired) electrons. The highest BCUT2D eigenvalue weighted by molar-refractivity contribution is 6.04. The van der Waals surface area contributed by atoms with Crippen molar-refractivity contribution >= 4 is 44.3 Å². The summed E-state index contributed by atoms with van der Waals surface area (Å²) in [6, 6.07) is 62.9. The van der Waals surface area contributed by atoms with Gasteiger partial charge in [-0.25, -0.2) is 4.85 Å². The van der Waals surface area contributed by atoms with E-state index in [9.17, 15) is 5.26 Å². The van der Waals surface area contributed by atoms with Crippen molar-refractivity contribution in [3.05, 3.63) is 193 Å². The van der Waals surface area contributed by atoms with Crippen molar-refractivity contribution in [2.75, 3.05) is 4.90 Å². The van der Waals surface area contributed by atoms with Gasteiger partial charge < -0.3 is 4.90 Å². The number of benzene rings is 8. The predicted octanol–water partition coefficient (Wildman–Crippen LogP) is 12.9. The fourth-order valence-electron chi connectivity index (χ4n) is 6.74. The number of hydrogen-bond donors (Lipinski definition) is 0. The Labute approximate surface area is 286 Å². The molecule has 0 aliphatic carbocycles. The quantitative estimate of drug-likeness (QED) is 0.173. The molecule has 8 rings (SSSR count). The van der Waals surface area contributed by atoms with Crippen LogP contribution in [0.3, 0.4) is 0 Å². The van der Waals surface area contributed by atoms with Crippen LogP contribution in [-0.4, -0.2) is 0 Å². The maximum absolute atomic E-state index is 9.68. The minimum atomic E-state index is 0.665. The van der Waals surface area contributed by atoms with Gasteiger partial charge in [0.1, 0.15) is 0 Å². The molecule has 0 unspecified atom stereocenters. The molecule has 0 spiro atoms. The third-order valence-electron chi connectivity index (χ3n) is 9.17. The first-order valence-corrected chi connectivity index (χ1v) is 16.2. The monoisotopic (exact) mass is 623 g/mol. The van der Waals surface area contributed by atoms with E-state index < -0.39 is 0 Å². The molecule has 0 saturated heterocycles. The van der Waals surface area contributed by atoms with Gasteiger partial charge in [0.2, 0.25) is 0 Å². The van der Waals surface area contributed by atoms with Crippen molar-refractivity contribution in [1.82, 2.24) is 0 Å². The Balaban J connectivity index is 1.21. The molecule has 0 saturated carbocycles. The number of rotatable bonds is 6. The molecule has 0 heterocycles. The van der Waals surface area contributed by atoms with Crippen LogP contribution in [-0.2, 0) is 0 Å². The van der Waals surface area contributed by atoms with Crippen molar-refractivity contribution in [2.24, 2.45) is 0 Å². The lowest BCUT2D eigenvalue weighted by molar-refractivity contribution is 1.28. The number of anilines is 3. The normalized spacial score (nSPS) is 10.8. The van der Waals surface area contributed by atoms with Crippen LogP contribution < -0.4 is 4.90 Å². The molecule has 0 aliphatic rings. The molecule has 8 aromatic rings. The molecule has 49 heavy (non-hydrogen) atoms. The van der Waals surface area contributed by atoms with Gasteiger partial charge >= 0.3 is 0 Å². The molecule has 0 N–H and O–H groups in total. The van der Waals surface area contributed by atoms with Crippen molar-refractivity contribution in [3.8, 4) is 39.4 Å². The topological polar surface area (TPSA) is 31.4 Å². The Kier molecular flexibility index (Phi) is 7.63. The Morgan fingerprint density at radius 3 is 1.37 bits per heavy atom. The van der Waals surface area contributed by atoms with Crippen molar-refractivity contribution in [2.45, 2.75) is 0 Å². The summed E-state index contributed by atoms with van der Waals surface area (Å²) in [4.78, 5) is 6.02. The molecular weight excluding hydrogens is 595 g/mol. The highest BCUT2D eigenvalue weighted by Gasteiger charge is 2.15. The number of hydrogen-bond acceptors (Lipinski definition) is 2. The molecule has 0 amide bonds. The van der Waals surface area contributed by atoms with Gasteiger partial charge in [0.15, 0.2) is 5.69 Å². The van der Waals surface area contributed by atoms with E-state index >= 15 is 0 Å². The standard InChI is InChI=1S/C46H29N3/c1-48-46-30-29-42(44-13-7-8-14-45(44)46)35-19-26-39(27-20-35)49(37-22-15-33(16-23-37)32-9-3-2-4-10-32)38-24-17-34(18-25-38)41-28-21-36(31-47)40-11-5-6-12-43(40)41/h2-30H. The Hall–Kier alpha value is -6.94. The summed E-state index contributed by atoms with van der Waals surface area (Å²) in [5.41, 5.74) is 11.2. The average Bonchev–Trinajstić information content (AvgIpc) is 3.18. The Bertz CT molecular complexity index is 2400. The molecule has 0 atom stereocenters. The second-order valence-corrected chi connectivity index (χ2v) is 11.9. The summed E-state index contributed by atoms with van der Waals surface area (Å²) in [7, 11) is 0. The van der Waals surface area contributed by atoms with Gasteiger partial charge in [0.25, 0.3) is 0 Å². The van der Waals surface area contributed by atoms with Crippen LogP contribution in [0.2, 0.25) is 0 Å². The summed E-state index contributed by atoms with van der Waals surface area (Å²) >= 11 is 0. The molecular formula is C46H29N3. The summed E-state index contributed by atoms with van der Waals surface area (Å²) in [5.74, 6) is 0. The van der Waals surface area contributed by atoms with Gasteiger partial charge in [-0.1, -0.05) is 133 Å². The molecule has 3 nitrogen and oxygen atoms in total. The largest absolute Gasteiger partial charge is 0.311 e. The lowest BCUT2D eigenvalue weighted by Crippen LogP contribution is -2.09. The Morgan fingerprint density at radius 2 is 0.837 bits per heavy atom. The number of fused-ring (bicyclic) bond motifs is 2. The first-order valence-electron chi connectivity index (χ1n) is 16.2. The summed E-state index contributed by atoms with van der Waals surface area (Å²) in [5, 5.41) is 13.7. The summed E-state index contributed by atoms with van der Waals surface area (Å²) < 4.78 is 0. The van der Waals surface area contributed by atoms with Gasteiger partial charge in [-0.05, 0) is 92.0 Å². The van der Waals surface area contributed by atoms with E-state index in [1.165, 1.54) is 5.56 Å². The zero-order valence-corrected chi connectivity index (χ0v) is 26.6. The molecule has 0 bridgehead atoms. The summed E-state index contributed by atoms with van der Waals surface area (Å²) in [6.07, 6.45) is 0. The van der Waals surface area contributed by atoms with Crippen molar-refractivity contribution in [3.63, 3.8) is 0 Å². The van der Waals surface area contributed by atoms with Gasteiger partial charge in [0.05, 0.1) is 18.2 Å². The van der Waals surface area contributed by atoms with Gasteiger partial charge in [0, 0.05) is 22.4 Å². The zero-order chi connectivity index (χ0) is 33.2. The van der Waals surface area contributed by atoms with Crippen LogP contribution in [0.1, 0.15) is 5.56 Å². The minimum Gasteiger partial charge on any atom is -0.311 e. The van der Waals surface area contributed by atoms with Crippen LogP contribution in [0.4, 0.5) is 22.7 Å². The van der Waals surface area contributed by atoms with Gasteiger partial charge in [-0.15, -0.1) is 0 Å². The summed E-state index contributed by atoms with van der Waals surface area (Å²) in [6.45, 7) is 7.62. The molecule has 3 heteroatoms. The first kappa shape index (κ1) is 29.5. The van der Waals surface area contributed by atoms with E-state index in [2.05, 4.69) is 131 Å². The van der Waals surface area contributed by atoms with Crippen molar-refractivity contribution in [1.29, 1.82) is 5.26 Å². The van der Waals surface area contributed by atoms with Crippen LogP contribution >= 0.6 is 0 Å². The lowest BCUT2D eigenvalue weighted by atomic mass is 9.95. The van der Waals surface area contributed by atoms with Crippen LogP contribution in [0.5, 0.6) is 0 Å². The van der Waals surface area contributed by atoms with Gasteiger partial charge in [-0.3, -0.25) is 0 Å². The molecule has 0 fully saturated rings. The fourth-order valence-corrected chi connectivity index (χ4v) is 6.74. The Morgan fingerprint density at radius 1 is 0.408 bits per heavy atom. The molecule has 0 aromatic heterocycles. The maximum Gasteiger partial charge on any atom is 0.194 e. The second kappa shape index (κ2) is 12.7. The molecule has 8 aromatic carbocycles. The van der Waals surface area contributed by atoms with E-state index in [1.807, 2.05) is 60.7 Å². The van der Waals surface area contributed by atoms with Crippen molar-refractivity contribution < 1.29 is 0 Å². The van der Waals surface area contributed by atoms with E-state index in [-0.39, 0.29) is 0 Å². The smallest absolute Gasteiger partial charge is 0.194 e. The van der Waals surface area contributed by atoms with E-state index in [0.717, 1.165) is 66.4 Å². The lowest BCUT2D eigenvalue weighted by Gasteiger charge is -2.26. The average molecular weight is 624 g/mol. The van der Waals surface area contributed by atoms with Crippen LogP contribution in [0.15, 0.2) is 176 Å². The van der Waals surface area contributed by atoms with E-state index in [1.54, 1.807) is 0 Å². The third kappa shape index (κ3) is 5.47. The maximum atomic E-state index is 9.68. The van der Waals surface area contributed by atoms with Crippen LogP contribution in [0.25, 0.3) is 59.8 Å². The third-order valence-corrected chi connectivity index (χ3v) is 9.17. The fraction of sp³-hybridized carbons (Fsp3) is 0. The molecule has 228 valence electrons. The SMILES string of the molecule is [C-]#[N+]c1ccc(-c2ccc(N(c3ccc(-c4ccccc4)cc3)c3ccc(-c4ccc(C#N)c5ccccc45)cc3)cc2)c2ccccc12. The van der Waals surface area contributed by atoms with Crippen LogP contribution in [0, 0.1) is 17.9 Å². The highest BCUT2D eigenvalue weighted by atomic mass is 15.1. The minimum absolute atomic E-state index is 0.665. The predicted molar refractivity (Wildman–Crippen MR) is 203 cm³/mol. The highest BCUT2D eigenvalue weighted by Crippen LogP contribution is 2.40. The number of nitriles is 1. The second-order valence-electron chi connectivity index (χ2n) is 11.9. The number of nitrogens with zero attached hydrogens (tertiary/aromatic N) is 3. The van der Waals surface area contributed by atoms with Gasteiger partial charge in [-0.2, -0.15) is 5.26 Å². The first-order chi connectivity index (χ1) is 24.2. The van der Waals surface area contributed by atoms with E-state index in [0.29, 0.717) is 11.3 Å².